The Kier molecular flexibility index (Phi) is 12.5. The second-order valence-corrected chi connectivity index (χ2v) is 8.77. The van der Waals surface area contributed by atoms with Crippen molar-refractivity contribution >= 4 is 41.3 Å². The first kappa shape index (κ1) is 26.1. The summed E-state index contributed by atoms with van der Waals surface area (Å²) >= 11 is 1.74. The molecule has 0 bridgehead atoms. The highest BCUT2D eigenvalue weighted by molar-refractivity contribution is 14.0. The fraction of sp³-hybridized carbons (Fsp3) is 0.636. The fourth-order valence-corrected chi connectivity index (χ4v) is 4.15. The van der Waals surface area contributed by atoms with Crippen LogP contribution in [0.4, 0.5) is 0 Å². The van der Waals surface area contributed by atoms with Crippen LogP contribution in [0.15, 0.2) is 33.2 Å². The van der Waals surface area contributed by atoms with Crippen molar-refractivity contribution < 1.29 is 9.15 Å². The van der Waals surface area contributed by atoms with Gasteiger partial charge in [0.25, 0.3) is 0 Å². The molecule has 9 heteroatoms. The van der Waals surface area contributed by atoms with Gasteiger partial charge in [0.05, 0.1) is 17.0 Å². The molecule has 7 nitrogen and oxygen atoms in total. The number of guanidine groups is 1. The molecule has 0 aromatic carbocycles. The molecular formula is C22H36IN5O2S. The van der Waals surface area contributed by atoms with Gasteiger partial charge < -0.3 is 19.8 Å². The molecule has 0 atom stereocenters. The molecule has 2 aromatic heterocycles. The third-order valence-corrected chi connectivity index (χ3v) is 6.02. The Bertz CT molecular complexity index is 745. The number of halogens is 1. The second kappa shape index (κ2) is 14.8. The molecule has 0 amide bonds. The van der Waals surface area contributed by atoms with Crippen LogP contribution in [0.5, 0.6) is 0 Å². The molecule has 1 aliphatic rings. The maximum absolute atomic E-state index is 5.63. The van der Waals surface area contributed by atoms with Gasteiger partial charge in [-0.3, -0.25) is 9.89 Å². The summed E-state index contributed by atoms with van der Waals surface area (Å²) < 4.78 is 10.9. The van der Waals surface area contributed by atoms with Crippen LogP contribution in [0.2, 0.25) is 0 Å². The van der Waals surface area contributed by atoms with Gasteiger partial charge in [-0.15, -0.1) is 35.3 Å². The lowest BCUT2D eigenvalue weighted by Gasteiger charge is -2.30. The first-order valence-electron chi connectivity index (χ1n) is 11.0. The molecule has 2 N–H and O–H groups in total. The lowest BCUT2D eigenvalue weighted by Crippen LogP contribution is -2.39. The third-order valence-electron chi connectivity index (χ3n) is 5.19. The van der Waals surface area contributed by atoms with Crippen molar-refractivity contribution in [3.63, 3.8) is 0 Å². The maximum atomic E-state index is 5.63. The highest BCUT2D eigenvalue weighted by atomic mass is 127. The second-order valence-electron chi connectivity index (χ2n) is 7.71. The van der Waals surface area contributed by atoms with E-state index in [0.29, 0.717) is 19.1 Å². The SMILES string of the molecule is CCNC(=NCC1CCN(Cc2csc(C)n2)CC1)NCCCOCc1ccco1.I. The van der Waals surface area contributed by atoms with Crippen molar-refractivity contribution in [2.45, 2.75) is 46.3 Å². The van der Waals surface area contributed by atoms with E-state index in [2.05, 4.69) is 39.7 Å². The van der Waals surface area contributed by atoms with E-state index in [1.807, 2.05) is 12.1 Å². The number of hydrogen-bond acceptors (Lipinski definition) is 6. The van der Waals surface area contributed by atoms with Gasteiger partial charge in [-0.2, -0.15) is 0 Å². The third kappa shape index (κ3) is 9.88. The van der Waals surface area contributed by atoms with Gasteiger partial charge in [-0.25, -0.2) is 4.98 Å². The largest absolute Gasteiger partial charge is 0.467 e. The number of piperidine rings is 1. The normalized spacial score (nSPS) is 15.6. The summed E-state index contributed by atoms with van der Waals surface area (Å²) in [5, 5.41) is 10.1. The Labute approximate surface area is 207 Å². The van der Waals surface area contributed by atoms with E-state index < -0.39 is 0 Å². The zero-order valence-electron chi connectivity index (χ0n) is 18.6. The number of furan rings is 1. The molecule has 2 aromatic rings. The Morgan fingerprint density at radius 1 is 1.35 bits per heavy atom. The number of aliphatic imine (C=N–C) groups is 1. The Hall–Kier alpha value is -1.17. The van der Waals surface area contributed by atoms with Gasteiger partial charge >= 0.3 is 0 Å². The number of nitrogens with one attached hydrogen (secondary N) is 2. The van der Waals surface area contributed by atoms with Crippen molar-refractivity contribution in [3.8, 4) is 0 Å². The number of thiazole rings is 1. The van der Waals surface area contributed by atoms with Gasteiger partial charge in [0.15, 0.2) is 5.96 Å². The van der Waals surface area contributed by atoms with E-state index in [1.54, 1.807) is 17.6 Å². The van der Waals surface area contributed by atoms with E-state index >= 15 is 0 Å². The smallest absolute Gasteiger partial charge is 0.191 e. The average molecular weight is 562 g/mol. The van der Waals surface area contributed by atoms with E-state index in [1.165, 1.54) is 18.5 Å². The summed E-state index contributed by atoms with van der Waals surface area (Å²) in [5.41, 5.74) is 1.21. The quantitative estimate of drug-likeness (QED) is 0.187. The van der Waals surface area contributed by atoms with Crippen LogP contribution < -0.4 is 10.6 Å². The summed E-state index contributed by atoms with van der Waals surface area (Å²) in [6.07, 6.45) is 5.00. The Morgan fingerprint density at radius 3 is 2.87 bits per heavy atom. The summed E-state index contributed by atoms with van der Waals surface area (Å²) in [4.78, 5) is 11.9. The van der Waals surface area contributed by atoms with Gasteiger partial charge in [0.1, 0.15) is 12.4 Å². The molecule has 31 heavy (non-hydrogen) atoms. The Morgan fingerprint density at radius 2 is 2.19 bits per heavy atom. The average Bonchev–Trinajstić information content (AvgIpc) is 3.41. The van der Waals surface area contributed by atoms with Crippen LogP contribution in [-0.4, -0.2) is 55.2 Å². The summed E-state index contributed by atoms with van der Waals surface area (Å²) in [6, 6.07) is 3.81. The van der Waals surface area contributed by atoms with Crippen LogP contribution in [0.3, 0.4) is 0 Å². The van der Waals surface area contributed by atoms with E-state index in [4.69, 9.17) is 14.1 Å². The molecule has 0 unspecified atom stereocenters. The number of rotatable bonds is 11. The zero-order chi connectivity index (χ0) is 21.0. The van der Waals surface area contributed by atoms with Crippen molar-refractivity contribution in [1.82, 2.24) is 20.5 Å². The van der Waals surface area contributed by atoms with Crippen molar-refractivity contribution in [1.29, 1.82) is 0 Å². The predicted molar refractivity (Wildman–Crippen MR) is 137 cm³/mol. The van der Waals surface area contributed by atoms with Crippen molar-refractivity contribution in [2.75, 3.05) is 39.3 Å². The summed E-state index contributed by atoms with van der Waals surface area (Å²) in [7, 11) is 0. The number of aromatic nitrogens is 1. The highest BCUT2D eigenvalue weighted by Gasteiger charge is 2.19. The highest BCUT2D eigenvalue weighted by Crippen LogP contribution is 2.20. The lowest BCUT2D eigenvalue weighted by atomic mass is 9.97. The van der Waals surface area contributed by atoms with Gasteiger partial charge in [0, 0.05) is 38.2 Å². The van der Waals surface area contributed by atoms with E-state index in [-0.39, 0.29) is 24.0 Å². The predicted octanol–water partition coefficient (Wildman–Crippen LogP) is 4.04. The monoisotopic (exact) mass is 561 g/mol. The molecule has 0 aliphatic carbocycles. The van der Waals surface area contributed by atoms with E-state index in [9.17, 15) is 0 Å². The minimum absolute atomic E-state index is 0. The molecule has 0 radical (unpaired) electrons. The van der Waals surface area contributed by atoms with Crippen LogP contribution in [0.1, 0.15) is 42.6 Å². The van der Waals surface area contributed by atoms with Gasteiger partial charge in [0.2, 0.25) is 0 Å². The molecule has 1 fully saturated rings. The Balaban J connectivity index is 0.00000341. The molecule has 1 saturated heterocycles. The van der Waals surface area contributed by atoms with Crippen LogP contribution >= 0.6 is 35.3 Å². The number of likely N-dealkylation sites (tertiary alicyclic amines) is 1. The maximum Gasteiger partial charge on any atom is 0.191 e. The van der Waals surface area contributed by atoms with E-state index in [0.717, 1.165) is 62.4 Å². The van der Waals surface area contributed by atoms with Crippen LogP contribution in [-0.2, 0) is 17.9 Å². The van der Waals surface area contributed by atoms with Gasteiger partial charge in [-0.05, 0) is 64.3 Å². The molecular weight excluding hydrogens is 525 g/mol. The molecule has 0 saturated carbocycles. The first-order chi connectivity index (χ1) is 14.7. The molecule has 0 spiro atoms. The molecule has 3 rings (SSSR count). The number of ether oxygens (including phenoxy) is 1. The standard InChI is InChI=1S/C22H35N5O2S.HI/c1-3-23-22(24-9-5-12-28-16-21-6-4-13-29-21)25-14-19-7-10-27(11-8-19)15-20-17-30-18(2)26-20;/h4,6,13,17,19H,3,5,7-12,14-16H2,1-2H3,(H2,23,24,25);1H. The number of aryl methyl sites for hydroxylation is 1. The minimum Gasteiger partial charge on any atom is -0.467 e. The van der Waals surface area contributed by atoms with Gasteiger partial charge in [-0.1, -0.05) is 0 Å². The minimum atomic E-state index is 0. The van der Waals surface area contributed by atoms with Crippen LogP contribution in [0.25, 0.3) is 0 Å². The number of hydrogen-bond donors (Lipinski definition) is 2. The molecule has 1 aliphatic heterocycles. The van der Waals surface area contributed by atoms with Crippen LogP contribution in [0, 0.1) is 12.8 Å². The molecule has 3 heterocycles. The van der Waals surface area contributed by atoms with Crippen molar-refractivity contribution in [2.24, 2.45) is 10.9 Å². The topological polar surface area (TPSA) is 74.9 Å². The first-order valence-corrected chi connectivity index (χ1v) is 11.9. The fourth-order valence-electron chi connectivity index (χ4n) is 3.55. The lowest BCUT2D eigenvalue weighted by molar-refractivity contribution is 0.105. The van der Waals surface area contributed by atoms with Crippen molar-refractivity contribution in [3.05, 3.63) is 40.2 Å². The summed E-state index contributed by atoms with van der Waals surface area (Å²) in [5.74, 6) is 2.43. The zero-order valence-corrected chi connectivity index (χ0v) is 21.8. The summed E-state index contributed by atoms with van der Waals surface area (Å²) in [6.45, 7) is 11.2. The molecule has 174 valence electrons. The number of nitrogens with zero attached hydrogens (tertiary/aromatic N) is 3.